The van der Waals surface area contributed by atoms with Gasteiger partial charge in [0, 0.05) is 25.7 Å². The van der Waals surface area contributed by atoms with E-state index < -0.39 is 9.84 Å². The van der Waals surface area contributed by atoms with Crippen molar-refractivity contribution in [1.82, 2.24) is 15.2 Å². The smallest absolute Gasteiger partial charge is 0.153 e. The van der Waals surface area contributed by atoms with Crippen molar-refractivity contribution in [2.24, 2.45) is 0 Å². The van der Waals surface area contributed by atoms with E-state index >= 15 is 0 Å². The van der Waals surface area contributed by atoms with E-state index in [1.54, 1.807) is 0 Å². The lowest BCUT2D eigenvalue weighted by Gasteiger charge is -2.32. The van der Waals surface area contributed by atoms with E-state index in [1.165, 1.54) is 0 Å². The second-order valence-corrected chi connectivity index (χ2v) is 7.31. The molecule has 1 aromatic heterocycles. The van der Waals surface area contributed by atoms with Crippen molar-refractivity contribution in [1.29, 1.82) is 0 Å². The highest BCUT2D eigenvalue weighted by Crippen LogP contribution is 2.14. The fraction of sp³-hybridized carbons (Fsp3) is 0.615. The summed E-state index contributed by atoms with van der Waals surface area (Å²) in [6.07, 6.45) is 0. The standard InChI is InChI=1S/C13H21N3O2S/c1-11-10-19(17,18)7-6-16(11)9-13-5-3-4-12(15-13)8-14-2/h3-5,11,14H,6-10H2,1-2H3. The molecule has 5 nitrogen and oxygen atoms in total. The monoisotopic (exact) mass is 283 g/mol. The summed E-state index contributed by atoms with van der Waals surface area (Å²) in [7, 11) is -0.951. The molecule has 1 atom stereocenters. The summed E-state index contributed by atoms with van der Waals surface area (Å²) in [5.41, 5.74) is 2.01. The number of hydrogen-bond donors (Lipinski definition) is 1. The summed E-state index contributed by atoms with van der Waals surface area (Å²) < 4.78 is 23.1. The third-order valence-corrected chi connectivity index (χ3v) is 5.19. The molecule has 106 valence electrons. The molecule has 0 radical (unpaired) electrons. The minimum Gasteiger partial charge on any atom is -0.314 e. The van der Waals surface area contributed by atoms with Gasteiger partial charge in [-0.05, 0) is 26.1 Å². The van der Waals surface area contributed by atoms with Gasteiger partial charge in [-0.25, -0.2) is 8.42 Å². The molecule has 0 spiro atoms. The quantitative estimate of drug-likeness (QED) is 0.868. The van der Waals surface area contributed by atoms with Crippen LogP contribution >= 0.6 is 0 Å². The average Bonchev–Trinajstić information content (AvgIpc) is 2.33. The second-order valence-electron chi connectivity index (χ2n) is 5.08. The number of aromatic nitrogens is 1. The van der Waals surface area contributed by atoms with Gasteiger partial charge in [0.05, 0.1) is 22.9 Å². The molecule has 0 saturated carbocycles. The minimum atomic E-state index is -2.85. The van der Waals surface area contributed by atoms with Crippen molar-refractivity contribution in [2.75, 3.05) is 25.1 Å². The molecule has 0 aromatic carbocycles. The number of nitrogens with one attached hydrogen (secondary N) is 1. The fourth-order valence-corrected chi connectivity index (χ4v) is 4.00. The van der Waals surface area contributed by atoms with Crippen LogP contribution in [0.3, 0.4) is 0 Å². The molecular formula is C13H21N3O2S. The highest BCUT2D eigenvalue weighted by molar-refractivity contribution is 7.91. The van der Waals surface area contributed by atoms with Gasteiger partial charge in [-0.1, -0.05) is 6.07 Å². The topological polar surface area (TPSA) is 62.3 Å². The lowest BCUT2D eigenvalue weighted by atomic mass is 10.2. The minimum absolute atomic E-state index is 0.0634. The maximum absolute atomic E-state index is 11.5. The summed E-state index contributed by atoms with van der Waals surface area (Å²) in [5, 5.41) is 3.08. The summed E-state index contributed by atoms with van der Waals surface area (Å²) >= 11 is 0. The maximum Gasteiger partial charge on any atom is 0.153 e. The molecule has 6 heteroatoms. The highest BCUT2D eigenvalue weighted by atomic mass is 32.2. The Balaban J connectivity index is 2.03. The molecule has 1 aliphatic rings. The van der Waals surface area contributed by atoms with E-state index in [4.69, 9.17) is 0 Å². The first-order valence-corrected chi connectivity index (χ1v) is 8.36. The Bertz CT molecular complexity index is 530. The molecule has 1 unspecified atom stereocenters. The van der Waals surface area contributed by atoms with Crippen LogP contribution in [0.15, 0.2) is 18.2 Å². The van der Waals surface area contributed by atoms with Crippen molar-refractivity contribution >= 4 is 9.84 Å². The number of sulfone groups is 1. The highest BCUT2D eigenvalue weighted by Gasteiger charge is 2.28. The summed E-state index contributed by atoms with van der Waals surface area (Å²) in [6.45, 7) is 4.03. The third kappa shape index (κ3) is 3.99. The van der Waals surface area contributed by atoms with Crippen LogP contribution in [0.2, 0.25) is 0 Å². The predicted molar refractivity (Wildman–Crippen MR) is 75.5 cm³/mol. The van der Waals surface area contributed by atoms with Gasteiger partial charge in [0.15, 0.2) is 9.84 Å². The largest absolute Gasteiger partial charge is 0.314 e. The predicted octanol–water partition coefficient (Wildman–Crippen LogP) is 0.420. The molecule has 0 amide bonds. The average molecular weight is 283 g/mol. The van der Waals surface area contributed by atoms with Gasteiger partial charge in [0.1, 0.15) is 0 Å². The van der Waals surface area contributed by atoms with Crippen LogP contribution in [-0.2, 0) is 22.9 Å². The van der Waals surface area contributed by atoms with Gasteiger partial charge in [0.25, 0.3) is 0 Å². The van der Waals surface area contributed by atoms with E-state index in [-0.39, 0.29) is 17.5 Å². The van der Waals surface area contributed by atoms with Gasteiger partial charge >= 0.3 is 0 Å². The van der Waals surface area contributed by atoms with Crippen molar-refractivity contribution in [3.8, 4) is 0 Å². The van der Waals surface area contributed by atoms with Crippen LogP contribution in [0.25, 0.3) is 0 Å². The number of nitrogens with zero attached hydrogens (tertiary/aromatic N) is 2. The maximum atomic E-state index is 11.5. The SMILES string of the molecule is CNCc1cccc(CN2CCS(=O)(=O)CC2C)n1. The van der Waals surface area contributed by atoms with E-state index in [0.717, 1.165) is 17.9 Å². The van der Waals surface area contributed by atoms with Crippen LogP contribution in [0, 0.1) is 0 Å². The van der Waals surface area contributed by atoms with Crippen molar-refractivity contribution < 1.29 is 8.42 Å². The normalized spacial score (nSPS) is 23.4. The first-order valence-electron chi connectivity index (χ1n) is 6.54. The lowest BCUT2D eigenvalue weighted by molar-refractivity contribution is 0.215. The first-order chi connectivity index (χ1) is 9.00. The molecule has 1 aromatic rings. The van der Waals surface area contributed by atoms with Crippen LogP contribution in [0.1, 0.15) is 18.3 Å². The first kappa shape index (κ1) is 14.4. The molecular weight excluding hydrogens is 262 g/mol. The zero-order valence-corrected chi connectivity index (χ0v) is 12.3. The van der Waals surface area contributed by atoms with Crippen LogP contribution in [0.5, 0.6) is 0 Å². The Morgan fingerprint density at radius 1 is 1.42 bits per heavy atom. The van der Waals surface area contributed by atoms with Crippen LogP contribution < -0.4 is 5.32 Å². The van der Waals surface area contributed by atoms with Gasteiger partial charge < -0.3 is 5.32 Å². The summed E-state index contributed by atoms with van der Waals surface area (Å²) in [4.78, 5) is 6.76. The Morgan fingerprint density at radius 3 is 2.84 bits per heavy atom. The molecule has 1 N–H and O–H groups in total. The fourth-order valence-electron chi connectivity index (χ4n) is 2.37. The Morgan fingerprint density at radius 2 is 2.16 bits per heavy atom. The van der Waals surface area contributed by atoms with Crippen molar-refractivity contribution in [3.63, 3.8) is 0 Å². The Kier molecular flexibility index (Phi) is 4.54. The third-order valence-electron chi connectivity index (χ3n) is 3.40. The van der Waals surface area contributed by atoms with Crippen molar-refractivity contribution in [2.45, 2.75) is 26.1 Å². The van der Waals surface area contributed by atoms with Gasteiger partial charge in [-0.15, -0.1) is 0 Å². The molecule has 2 rings (SSSR count). The Labute approximate surface area is 114 Å². The molecule has 1 fully saturated rings. The zero-order chi connectivity index (χ0) is 13.9. The number of rotatable bonds is 4. The van der Waals surface area contributed by atoms with Gasteiger partial charge in [-0.2, -0.15) is 0 Å². The molecule has 1 aliphatic heterocycles. The second kappa shape index (κ2) is 5.98. The number of hydrogen-bond acceptors (Lipinski definition) is 5. The van der Waals surface area contributed by atoms with E-state index in [0.29, 0.717) is 13.1 Å². The van der Waals surface area contributed by atoms with E-state index in [1.807, 2.05) is 32.2 Å². The zero-order valence-electron chi connectivity index (χ0n) is 11.5. The molecule has 0 bridgehead atoms. The van der Waals surface area contributed by atoms with E-state index in [2.05, 4.69) is 15.2 Å². The van der Waals surface area contributed by atoms with Crippen LogP contribution in [-0.4, -0.2) is 49.4 Å². The number of pyridine rings is 1. The molecule has 0 aliphatic carbocycles. The summed E-state index contributed by atoms with van der Waals surface area (Å²) in [6, 6.07) is 6.05. The van der Waals surface area contributed by atoms with Gasteiger partial charge in [0.2, 0.25) is 0 Å². The molecule has 19 heavy (non-hydrogen) atoms. The lowest BCUT2D eigenvalue weighted by Crippen LogP contribution is -2.46. The van der Waals surface area contributed by atoms with E-state index in [9.17, 15) is 8.42 Å². The molecule has 1 saturated heterocycles. The summed E-state index contributed by atoms with van der Waals surface area (Å²) in [5.74, 6) is 0.511. The Hall–Kier alpha value is -0.980. The van der Waals surface area contributed by atoms with Crippen molar-refractivity contribution in [3.05, 3.63) is 29.6 Å². The van der Waals surface area contributed by atoms with Crippen LogP contribution in [0.4, 0.5) is 0 Å². The van der Waals surface area contributed by atoms with Gasteiger partial charge in [-0.3, -0.25) is 9.88 Å². The molecule has 2 heterocycles.